The SMILES string of the molecule is O=C(NCCc1ccncc1)C1CN(C(=O)Cc2cccc(Cl)c2)CC12CCOCC2. The first-order chi connectivity index (χ1) is 15.1. The van der Waals surface area contributed by atoms with E-state index in [1.807, 2.05) is 35.2 Å². The minimum Gasteiger partial charge on any atom is -0.381 e. The van der Waals surface area contributed by atoms with Gasteiger partial charge in [-0.05, 0) is 54.7 Å². The summed E-state index contributed by atoms with van der Waals surface area (Å²) in [6, 6.07) is 11.3. The Bertz CT molecular complexity index is 915. The molecule has 4 rings (SSSR count). The minimum atomic E-state index is -0.211. The predicted molar refractivity (Wildman–Crippen MR) is 119 cm³/mol. The van der Waals surface area contributed by atoms with Crippen LogP contribution in [-0.4, -0.2) is 54.5 Å². The Labute approximate surface area is 187 Å². The Morgan fingerprint density at radius 3 is 2.68 bits per heavy atom. The van der Waals surface area contributed by atoms with Crippen LogP contribution in [0.4, 0.5) is 0 Å². The molecule has 2 saturated heterocycles. The summed E-state index contributed by atoms with van der Waals surface area (Å²) in [6.45, 7) is 2.91. The van der Waals surface area contributed by atoms with Crippen molar-refractivity contribution in [3.8, 4) is 0 Å². The molecule has 0 aliphatic carbocycles. The molecule has 7 heteroatoms. The van der Waals surface area contributed by atoms with E-state index in [0.717, 1.165) is 30.4 Å². The van der Waals surface area contributed by atoms with Crippen molar-refractivity contribution in [3.05, 3.63) is 64.9 Å². The van der Waals surface area contributed by atoms with E-state index in [2.05, 4.69) is 10.3 Å². The number of carbonyl (C=O) groups excluding carboxylic acids is 2. The molecular formula is C24H28ClN3O3. The number of likely N-dealkylation sites (tertiary alicyclic amines) is 1. The number of nitrogens with one attached hydrogen (secondary N) is 1. The van der Waals surface area contributed by atoms with Crippen LogP contribution in [0.15, 0.2) is 48.8 Å². The first kappa shape index (κ1) is 21.8. The van der Waals surface area contributed by atoms with Crippen LogP contribution in [0.1, 0.15) is 24.0 Å². The summed E-state index contributed by atoms with van der Waals surface area (Å²) < 4.78 is 5.57. The van der Waals surface area contributed by atoms with Gasteiger partial charge in [-0.3, -0.25) is 14.6 Å². The van der Waals surface area contributed by atoms with E-state index in [1.54, 1.807) is 18.5 Å². The van der Waals surface area contributed by atoms with E-state index >= 15 is 0 Å². The van der Waals surface area contributed by atoms with Crippen LogP contribution >= 0.6 is 11.6 Å². The van der Waals surface area contributed by atoms with E-state index in [0.29, 0.717) is 44.3 Å². The van der Waals surface area contributed by atoms with Crippen molar-refractivity contribution in [2.45, 2.75) is 25.7 Å². The van der Waals surface area contributed by atoms with Crippen molar-refractivity contribution >= 4 is 23.4 Å². The first-order valence-corrected chi connectivity index (χ1v) is 11.2. The number of carbonyl (C=O) groups is 2. The van der Waals surface area contributed by atoms with Gasteiger partial charge in [-0.15, -0.1) is 0 Å². The molecule has 3 heterocycles. The number of aromatic nitrogens is 1. The Morgan fingerprint density at radius 2 is 1.94 bits per heavy atom. The number of halogens is 1. The molecule has 1 N–H and O–H groups in total. The van der Waals surface area contributed by atoms with Crippen molar-refractivity contribution in [2.24, 2.45) is 11.3 Å². The fraction of sp³-hybridized carbons (Fsp3) is 0.458. The summed E-state index contributed by atoms with van der Waals surface area (Å²) in [5.74, 6) is -0.133. The highest BCUT2D eigenvalue weighted by Crippen LogP contribution is 2.44. The average Bonchev–Trinajstić information content (AvgIpc) is 3.14. The molecule has 0 bridgehead atoms. The second kappa shape index (κ2) is 9.79. The highest BCUT2D eigenvalue weighted by atomic mass is 35.5. The van der Waals surface area contributed by atoms with Crippen LogP contribution in [0, 0.1) is 11.3 Å². The summed E-state index contributed by atoms with van der Waals surface area (Å²) in [5, 5.41) is 3.73. The quantitative estimate of drug-likeness (QED) is 0.748. The standard InChI is InChI=1S/C24H28ClN3O3/c25-20-3-1-2-19(14-20)15-22(29)28-16-21(24(17-28)7-12-31-13-8-24)23(30)27-11-6-18-4-9-26-10-5-18/h1-5,9-10,14,21H,6-8,11-13,15-17H2,(H,27,30). The summed E-state index contributed by atoms with van der Waals surface area (Å²) in [6.07, 6.45) is 6.17. The summed E-state index contributed by atoms with van der Waals surface area (Å²) >= 11 is 6.07. The van der Waals surface area contributed by atoms with Crippen molar-refractivity contribution in [1.82, 2.24) is 15.2 Å². The number of benzene rings is 1. The van der Waals surface area contributed by atoms with E-state index in [-0.39, 0.29) is 23.1 Å². The molecule has 31 heavy (non-hydrogen) atoms. The maximum atomic E-state index is 13.2. The highest BCUT2D eigenvalue weighted by molar-refractivity contribution is 6.30. The van der Waals surface area contributed by atoms with Crippen molar-refractivity contribution in [3.63, 3.8) is 0 Å². The smallest absolute Gasteiger partial charge is 0.227 e. The molecule has 1 unspecified atom stereocenters. The third-order valence-corrected chi connectivity index (χ3v) is 6.75. The lowest BCUT2D eigenvalue weighted by atomic mass is 9.71. The predicted octanol–water partition coefficient (Wildman–Crippen LogP) is 2.89. The van der Waals surface area contributed by atoms with E-state index in [1.165, 1.54) is 0 Å². The zero-order valence-electron chi connectivity index (χ0n) is 17.6. The second-order valence-electron chi connectivity index (χ2n) is 8.50. The van der Waals surface area contributed by atoms with Gasteiger partial charge in [0.25, 0.3) is 0 Å². The molecule has 2 amide bonds. The third-order valence-electron chi connectivity index (χ3n) is 6.51. The maximum Gasteiger partial charge on any atom is 0.227 e. The van der Waals surface area contributed by atoms with Crippen LogP contribution in [0.3, 0.4) is 0 Å². The topological polar surface area (TPSA) is 71.5 Å². The van der Waals surface area contributed by atoms with Crippen molar-refractivity contribution in [1.29, 1.82) is 0 Å². The monoisotopic (exact) mass is 441 g/mol. The molecule has 2 fully saturated rings. The Kier molecular flexibility index (Phi) is 6.88. The van der Waals surface area contributed by atoms with Gasteiger partial charge in [0.05, 0.1) is 12.3 Å². The lowest BCUT2D eigenvalue weighted by Crippen LogP contribution is -2.44. The fourth-order valence-corrected chi connectivity index (χ4v) is 4.95. The van der Waals surface area contributed by atoms with Crippen LogP contribution in [-0.2, 0) is 27.2 Å². The Morgan fingerprint density at radius 1 is 1.16 bits per heavy atom. The van der Waals surface area contributed by atoms with Crippen LogP contribution in [0.25, 0.3) is 0 Å². The van der Waals surface area contributed by atoms with Gasteiger partial charge < -0.3 is 15.0 Å². The third kappa shape index (κ3) is 5.25. The molecule has 6 nitrogen and oxygen atoms in total. The maximum absolute atomic E-state index is 13.2. The number of amides is 2. The van der Waals surface area contributed by atoms with Crippen molar-refractivity contribution in [2.75, 3.05) is 32.8 Å². The van der Waals surface area contributed by atoms with Gasteiger partial charge in [-0.2, -0.15) is 0 Å². The van der Waals surface area contributed by atoms with Crippen LogP contribution < -0.4 is 5.32 Å². The number of pyridine rings is 1. The number of hydrogen-bond acceptors (Lipinski definition) is 4. The molecular weight excluding hydrogens is 414 g/mol. The van der Waals surface area contributed by atoms with Crippen molar-refractivity contribution < 1.29 is 14.3 Å². The van der Waals surface area contributed by atoms with E-state index < -0.39 is 0 Å². The minimum absolute atomic E-state index is 0.0361. The molecule has 0 saturated carbocycles. The number of rotatable bonds is 6. The molecule has 1 atom stereocenters. The number of hydrogen-bond donors (Lipinski definition) is 1. The van der Waals surface area contributed by atoms with E-state index in [9.17, 15) is 9.59 Å². The second-order valence-corrected chi connectivity index (χ2v) is 8.94. The zero-order chi connectivity index (χ0) is 21.7. The largest absolute Gasteiger partial charge is 0.381 e. The van der Waals surface area contributed by atoms with Gasteiger partial charge in [-0.1, -0.05) is 23.7 Å². The number of nitrogens with zero attached hydrogens (tertiary/aromatic N) is 2. The van der Waals surface area contributed by atoms with Gasteiger partial charge in [0.1, 0.15) is 0 Å². The lowest BCUT2D eigenvalue weighted by Gasteiger charge is -2.37. The Balaban J connectivity index is 1.41. The Hall–Kier alpha value is -2.44. The number of ether oxygens (including phenoxy) is 1. The lowest BCUT2D eigenvalue weighted by molar-refractivity contribution is -0.130. The van der Waals surface area contributed by atoms with Crippen LogP contribution in [0.2, 0.25) is 5.02 Å². The van der Waals surface area contributed by atoms with Gasteiger partial charge in [0, 0.05) is 55.7 Å². The molecule has 0 radical (unpaired) electrons. The molecule has 2 aliphatic heterocycles. The molecule has 1 aromatic carbocycles. The normalized spacial score (nSPS) is 20.0. The molecule has 1 spiro atoms. The zero-order valence-corrected chi connectivity index (χ0v) is 18.3. The highest BCUT2D eigenvalue weighted by Gasteiger charge is 2.51. The van der Waals surface area contributed by atoms with Gasteiger partial charge in [0.15, 0.2) is 0 Å². The molecule has 1 aromatic heterocycles. The first-order valence-electron chi connectivity index (χ1n) is 10.8. The summed E-state index contributed by atoms with van der Waals surface area (Å²) in [4.78, 5) is 32.1. The molecule has 164 valence electrons. The fourth-order valence-electron chi connectivity index (χ4n) is 4.74. The molecule has 2 aliphatic rings. The van der Waals surface area contributed by atoms with E-state index in [4.69, 9.17) is 16.3 Å². The summed E-state index contributed by atoms with van der Waals surface area (Å²) in [7, 11) is 0. The molecule has 2 aromatic rings. The summed E-state index contributed by atoms with van der Waals surface area (Å²) in [5.41, 5.74) is 1.83. The average molecular weight is 442 g/mol. The van der Waals surface area contributed by atoms with Gasteiger partial charge in [0.2, 0.25) is 11.8 Å². The van der Waals surface area contributed by atoms with Gasteiger partial charge >= 0.3 is 0 Å². The van der Waals surface area contributed by atoms with Crippen LogP contribution in [0.5, 0.6) is 0 Å². The van der Waals surface area contributed by atoms with Gasteiger partial charge in [-0.25, -0.2) is 0 Å².